The summed E-state index contributed by atoms with van der Waals surface area (Å²) >= 11 is 9.10. The number of benzene rings is 1. The van der Waals surface area contributed by atoms with Gasteiger partial charge in [0, 0.05) is 4.47 Å². The fourth-order valence-corrected chi connectivity index (χ4v) is 1.98. The third-order valence-electron chi connectivity index (χ3n) is 1.76. The molecule has 0 aliphatic carbocycles. The van der Waals surface area contributed by atoms with Gasteiger partial charge in [0.15, 0.2) is 0 Å². The molecule has 0 aliphatic heterocycles. The summed E-state index contributed by atoms with van der Waals surface area (Å²) in [5.41, 5.74) is 6.21. The highest BCUT2D eigenvalue weighted by molar-refractivity contribution is 9.10. The van der Waals surface area contributed by atoms with E-state index in [9.17, 15) is 5.11 Å². The van der Waals surface area contributed by atoms with Crippen LogP contribution < -0.4 is 5.73 Å². The van der Waals surface area contributed by atoms with Crippen molar-refractivity contribution in [2.75, 3.05) is 6.54 Å². The monoisotopic (exact) mass is 263 g/mol. The lowest BCUT2D eigenvalue weighted by Crippen LogP contribution is -2.00. The highest BCUT2D eigenvalue weighted by Crippen LogP contribution is 2.31. The quantitative estimate of drug-likeness (QED) is 0.882. The Bertz CT molecular complexity index is 304. The Morgan fingerprint density at radius 2 is 2.15 bits per heavy atom. The van der Waals surface area contributed by atoms with E-state index in [0.29, 0.717) is 11.6 Å². The number of nitrogens with two attached hydrogens (primary N) is 1. The summed E-state index contributed by atoms with van der Waals surface area (Å²) in [6, 6.07) is 3.53. The molecule has 0 bridgehead atoms. The van der Waals surface area contributed by atoms with E-state index in [4.69, 9.17) is 17.3 Å². The van der Waals surface area contributed by atoms with Crippen LogP contribution in [0.3, 0.4) is 0 Å². The van der Waals surface area contributed by atoms with Crippen molar-refractivity contribution in [2.45, 2.75) is 12.8 Å². The van der Waals surface area contributed by atoms with Gasteiger partial charge in [-0.3, -0.25) is 0 Å². The van der Waals surface area contributed by atoms with Crippen LogP contribution in [0.25, 0.3) is 0 Å². The average Bonchev–Trinajstić information content (AvgIpc) is 2.09. The zero-order chi connectivity index (χ0) is 9.84. The van der Waals surface area contributed by atoms with E-state index in [2.05, 4.69) is 15.9 Å². The molecule has 0 heterocycles. The highest BCUT2D eigenvalue weighted by atomic mass is 79.9. The average molecular weight is 265 g/mol. The maximum Gasteiger partial charge on any atom is 0.137 e. The van der Waals surface area contributed by atoms with Gasteiger partial charge in [-0.05, 0) is 37.1 Å². The van der Waals surface area contributed by atoms with Crippen LogP contribution in [-0.4, -0.2) is 11.7 Å². The normalized spacial score (nSPS) is 10.4. The van der Waals surface area contributed by atoms with Crippen LogP contribution in [0.4, 0.5) is 0 Å². The number of halogens is 2. The van der Waals surface area contributed by atoms with E-state index < -0.39 is 0 Å². The maximum atomic E-state index is 9.56. The minimum atomic E-state index is 0.165. The van der Waals surface area contributed by atoms with Gasteiger partial charge in [-0.15, -0.1) is 0 Å². The standard InChI is InChI=1S/C9H11BrClNO/c10-7-4-6(2-1-3-12)9(13)8(11)5-7/h4-5,13H,1-3,12H2. The van der Waals surface area contributed by atoms with Gasteiger partial charge in [0.2, 0.25) is 0 Å². The molecule has 0 radical (unpaired) electrons. The summed E-state index contributed by atoms with van der Waals surface area (Å²) in [6.07, 6.45) is 1.60. The molecule has 4 heteroatoms. The molecule has 0 aromatic heterocycles. The third-order valence-corrected chi connectivity index (χ3v) is 2.50. The summed E-state index contributed by atoms with van der Waals surface area (Å²) < 4.78 is 0.877. The van der Waals surface area contributed by atoms with Crippen molar-refractivity contribution in [3.63, 3.8) is 0 Å². The van der Waals surface area contributed by atoms with E-state index in [1.54, 1.807) is 6.07 Å². The molecular formula is C9H11BrClNO. The number of aromatic hydroxyl groups is 1. The van der Waals surface area contributed by atoms with Crippen molar-refractivity contribution in [1.29, 1.82) is 0 Å². The van der Waals surface area contributed by atoms with Gasteiger partial charge in [-0.2, -0.15) is 0 Å². The largest absolute Gasteiger partial charge is 0.506 e. The summed E-state index contributed by atoms with van der Waals surface area (Å²) in [4.78, 5) is 0. The van der Waals surface area contributed by atoms with Crippen LogP contribution >= 0.6 is 27.5 Å². The van der Waals surface area contributed by atoms with Crippen molar-refractivity contribution in [2.24, 2.45) is 5.73 Å². The molecule has 1 aromatic rings. The smallest absolute Gasteiger partial charge is 0.137 e. The first-order valence-electron chi connectivity index (χ1n) is 4.02. The van der Waals surface area contributed by atoms with E-state index >= 15 is 0 Å². The molecule has 0 saturated carbocycles. The van der Waals surface area contributed by atoms with Crippen molar-refractivity contribution >= 4 is 27.5 Å². The van der Waals surface area contributed by atoms with E-state index in [-0.39, 0.29) is 5.75 Å². The lowest BCUT2D eigenvalue weighted by atomic mass is 10.1. The zero-order valence-electron chi connectivity index (χ0n) is 7.06. The Morgan fingerprint density at radius 3 is 2.77 bits per heavy atom. The van der Waals surface area contributed by atoms with Crippen molar-refractivity contribution in [1.82, 2.24) is 0 Å². The fraction of sp³-hybridized carbons (Fsp3) is 0.333. The van der Waals surface area contributed by atoms with Crippen LogP contribution in [0.2, 0.25) is 5.02 Å². The maximum absolute atomic E-state index is 9.56. The molecule has 3 N–H and O–H groups in total. The first-order chi connectivity index (χ1) is 6.15. The third kappa shape index (κ3) is 2.86. The Kier molecular flexibility index (Phi) is 4.03. The molecule has 0 atom stereocenters. The van der Waals surface area contributed by atoms with Crippen molar-refractivity contribution < 1.29 is 5.11 Å². The molecule has 0 amide bonds. The van der Waals surface area contributed by atoms with Crippen LogP contribution in [0, 0.1) is 0 Å². The lowest BCUT2D eigenvalue weighted by Gasteiger charge is -2.06. The predicted octanol–water partition coefficient (Wildman–Crippen LogP) is 2.70. The Balaban J connectivity index is 2.92. The highest BCUT2D eigenvalue weighted by Gasteiger charge is 2.06. The second kappa shape index (κ2) is 4.84. The van der Waals surface area contributed by atoms with Crippen LogP contribution in [-0.2, 0) is 6.42 Å². The SMILES string of the molecule is NCCCc1cc(Br)cc(Cl)c1O. The summed E-state index contributed by atoms with van der Waals surface area (Å²) in [5, 5.41) is 9.93. The molecular weight excluding hydrogens is 253 g/mol. The van der Waals surface area contributed by atoms with Gasteiger partial charge >= 0.3 is 0 Å². The molecule has 0 unspecified atom stereocenters. The lowest BCUT2D eigenvalue weighted by molar-refractivity contribution is 0.467. The van der Waals surface area contributed by atoms with Gasteiger partial charge in [-0.25, -0.2) is 0 Å². The van der Waals surface area contributed by atoms with Crippen LogP contribution in [0.15, 0.2) is 16.6 Å². The second-order valence-corrected chi connectivity index (χ2v) is 4.11. The number of aryl methyl sites for hydroxylation is 1. The van der Waals surface area contributed by atoms with Gasteiger partial charge in [0.05, 0.1) is 5.02 Å². The first kappa shape index (κ1) is 10.8. The summed E-state index contributed by atoms with van der Waals surface area (Å²) in [5.74, 6) is 0.165. The van der Waals surface area contributed by atoms with Crippen molar-refractivity contribution in [3.05, 3.63) is 27.2 Å². The van der Waals surface area contributed by atoms with Gasteiger partial charge in [0.1, 0.15) is 5.75 Å². The molecule has 0 spiro atoms. The number of rotatable bonds is 3. The molecule has 0 saturated heterocycles. The molecule has 2 nitrogen and oxygen atoms in total. The molecule has 0 fully saturated rings. The van der Waals surface area contributed by atoms with Gasteiger partial charge in [0.25, 0.3) is 0 Å². The van der Waals surface area contributed by atoms with Gasteiger partial charge < -0.3 is 10.8 Å². The van der Waals surface area contributed by atoms with E-state index in [1.807, 2.05) is 6.07 Å². The van der Waals surface area contributed by atoms with Crippen molar-refractivity contribution in [3.8, 4) is 5.75 Å². The number of hydrogen-bond donors (Lipinski definition) is 2. The Hall–Kier alpha value is -0.250. The number of hydrogen-bond acceptors (Lipinski definition) is 2. The Morgan fingerprint density at radius 1 is 1.46 bits per heavy atom. The summed E-state index contributed by atoms with van der Waals surface area (Å²) in [6.45, 7) is 0.615. The van der Waals surface area contributed by atoms with E-state index in [0.717, 1.165) is 22.9 Å². The molecule has 0 aliphatic rings. The fourth-order valence-electron chi connectivity index (χ4n) is 1.10. The Labute approximate surface area is 90.8 Å². The zero-order valence-corrected chi connectivity index (χ0v) is 9.40. The van der Waals surface area contributed by atoms with Crippen LogP contribution in [0.1, 0.15) is 12.0 Å². The number of phenols is 1. The predicted molar refractivity (Wildman–Crippen MR) is 58.2 cm³/mol. The minimum absolute atomic E-state index is 0.165. The van der Waals surface area contributed by atoms with Crippen LogP contribution in [0.5, 0.6) is 5.75 Å². The first-order valence-corrected chi connectivity index (χ1v) is 5.19. The molecule has 13 heavy (non-hydrogen) atoms. The summed E-state index contributed by atoms with van der Waals surface area (Å²) in [7, 11) is 0. The molecule has 1 rings (SSSR count). The minimum Gasteiger partial charge on any atom is -0.506 e. The van der Waals surface area contributed by atoms with Gasteiger partial charge in [-0.1, -0.05) is 27.5 Å². The van der Waals surface area contributed by atoms with E-state index in [1.165, 1.54) is 0 Å². The topological polar surface area (TPSA) is 46.2 Å². The molecule has 1 aromatic carbocycles. The number of phenolic OH excluding ortho intramolecular Hbond substituents is 1. The second-order valence-electron chi connectivity index (χ2n) is 2.79. The molecule has 72 valence electrons.